The molecule has 0 unspecified atom stereocenters. The van der Waals surface area contributed by atoms with E-state index in [1.54, 1.807) is 49.6 Å². The van der Waals surface area contributed by atoms with E-state index in [0.29, 0.717) is 29.3 Å². The van der Waals surface area contributed by atoms with Crippen LogP contribution < -0.4 is 20.7 Å². The lowest BCUT2D eigenvalue weighted by molar-refractivity contribution is -0.116. The molecule has 1 saturated heterocycles. The molecule has 1 aliphatic heterocycles. The van der Waals surface area contributed by atoms with Gasteiger partial charge in [-0.15, -0.1) is 0 Å². The minimum Gasteiger partial charge on any atom is -0.497 e. The van der Waals surface area contributed by atoms with Crippen LogP contribution in [0.4, 0.5) is 11.4 Å². The third-order valence-electron chi connectivity index (χ3n) is 5.03. The summed E-state index contributed by atoms with van der Waals surface area (Å²) in [5.41, 5.74) is 1.63. The maximum absolute atomic E-state index is 12.7. The molecule has 0 aromatic heterocycles. The molecule has 1 aliphatic rings. The van der Waals surface area contributed by atoms with Gasteiger partial charge in [-0.3, -0.25) is 9.59 Å². The lowest BCUT2D eigenvalue weighted by atomic mass is 9.93. The Kier molecular flexibility index (Phi) is 7.03. The number of ether oxygens (including phenoxy) is 1. The van der Waals surface area contributed by atoms with Crippen molar-refractivity contribution < 1.29 is 14.3 Å². The van der Waals surface area contributed by atoms with E-state index in [4.69, 9.17) is 4.74 Å². The predicted octanol–water partition coefficient (Wildman–Crippen LogP) is 3.67. The van der Waals surface area contributed by atoms with E-state index in [2.05, 4.69) is 16.0 Å². The first-order chi connectivity index (χ1) is 13.7. The molecule has 3 rings (SSSR count). The first kappa shape index (κ1) is 19.9. The Bertz CT molecular complexity index is 799. The van der Waals surface area contributed by atoms with Crippen molar-refractivity contribution in [2.45, 2.75) is 25.7 Å². The molecule has 1 heterocycles. The first-order valence-corrected chi connectivity index (χ1v) is 9.70. The summed E-state index contributed by atoms with van der Waals surface area (Å²) < 4.78 is 5.12. The van der Waals surface area contributed by atoms with Crippen LogP contribution in [0.15, 0.2) is 48.5 Å². The van der Waals surface area contributed by atoms with Crippen LogP contribution in [0.1, 0.15) is 36.0 Å². The molecule has 3 N–H and O–H groups in total. The minimum atomic E-state index is -0.264. The van der Waals surface area contributed by atoms with Gasteiger partial charge in [-0.25, -0.2) is 0 Å². The van der Waals surface area contributed by atoms with Crippen molar-refractivity contribution in [3.8, 4) is 5.75 Å². The highest BCUT2D eigenvalue weighted by atomic mass is 16.5. The first-order valence-electron chi connectivity index (χ1n) is 9.70. The molecule has 0 atom stereocenters. The summed E-state index contributed by atoms with van der Waals surface area (Å²) in [6.07, 6.45) is 3.59. The Morgan fingerprint density at radius 2 is 1.75 bits per heavy atom. The van der Waals surface area contributed by atoms with Crippen LogP contribution in [0.25, 0.3) is 0 Å². The second-order valence-corrected chi connectivity index (χ2v) is 7.01. The quantitative estimate of drug-likeness (QED) is 0.684. The van der Waals surface area contributed by atoms with Crippen LogP contribution in [-0.2, 0) is 4.79 Å². The lowest BCUT2D eigenvalue weighted by Crippen LogP contribution is -2.28. The number of hydrogen-bond acceptors (Lipinski definition) is 4. The number of piperidine rings is 1. The zero-order valence-corrected chi connectivity index (χ0v) is 16.2. The molecule has 2 aromatic carbocycles. The van der Waals surface area contributed by atoms with E-state index in [1.807, 2.05) is 6.07 Å². The third kappa shape index (κ3) is 5.57. The van der Waals surface area contributed by atoms with Crippen LogP contribution in [0.2, 0.25) is 0 Å². The van der Waals surface area contributed by atoms with E-state index < -0.39 is 0 Å². The molecule has 6 heteroatoms. The smallest absolute Gasteiger partial charge is 0.257 e. The number of amides is 2. The van der Waals surface area contributed by atoms with Crippen molar-refractivity contribution in [3.63, 3.8) is 0 Å². The normalized spacial score (nSPS) is 14.3. The van der Waals surface area contributed by atoms with Gasteiger partial charge in [0, 0.05) is 12.1 Å². The molecular formula is C22H27N3O3. The number of carbonyl (C=O) groups excluding carboxylic acids is 2. The highest BCUT2D eigenvalue weighted by Gasteiger charge is 2.16. The van der Waals surface area contributed by atoms with Gasteiger partial charge in [0.05, 0.1) is 18.4 Å². The van der Waals surface area contributed by atoms with Gasteiger partial charge in [0.2, 0.25) is 5.91 Å². The number of carbonyl (C=O) groups is 2. The Morgan fingerprint density at radius 3 is 2.46 bits per heavy atom. The predicted molar refractivity (Wildman–Crippen MR) is 111 cm³/mol. The maximum atomic E-state index is 12.7. The highest BCUT2D eigenvalue weighted by Crippen LogP contribution is 2.21. The molecule has 1 fully saturated rings. The molecule has 0 bridgehead atoms. The van der Waals surface area contributed by atoms with Gasteiger partial charge in [0.1, 0.15) is 5.75 Å². The molecule has 2 aromatic rings. The van der Waals surface area contributed by atoms with Crippen molar-refractivity contribution in [2.75, 3.05) is 30.8 Å². The zero-order chi connectivity index (χ0) is 19.8. The number of hydrogen-bond donors (Lipinski definition) is 3. The van der Waals surface area contributed by atoms with E-state index in [9.17, 15) is 9.59 Å². The van der Waals surface area contributed by atoms with Crippen molar-refractivity contribution >= 4 is 23.2 Å². The lowest BCUT2D eigenvalue weighted by Gasteiger charge is -2.22. The van der Waals surface area contributed by atoms with Crippen LogP contribution in [0.5, 0.6) is 5.75 Å². The second kappa shape index (κ2) is 9.90. The summed E-state index contributed by atoms with van der Waals surface area (Å²) in [5.74, 6) is 1.00. The van der Waals surface area contributed by atoms with E-state index in [-0.39, 0.29) is 11.8 Å². The van der Waals surface area contributed by atoms with Crippen molar-refractivity contribution in [2.24, 2.45) is 5.92 Å². The molecule has 28 heavy (non-hydrogen) atoms. The van der Waals surface area contributed by atoms with Gasteiger partial charge in [-0.1, -0.05) is 12.1 Å². The van der Waals surface area contributed by atoms with Crippen molar-refractivity contribution in [1.82, 2.24) is 5.32 Å². The van der Waals surface area contributed by atoms with Crippen molar-refractivity contribution in [1.29, 1.82) is 0 Å². The molecule has 2 amide bonds. The van der Waals surface area contributed by atoms with Gasteiger partial charge >= 0.3 is 0 Å². The number of benzene rings is 2. The van der Waals surface area contributed by atoms with Gasteiger partial charge in [0.15, 0.2) is 0 Å². The van der Waals surface area contributed by atoms with Gasteiger partial charge in [-0.05, 0) is 74.7 Å². The van der Waals surface area contributed by atoms with Crippen LogP contribution in [-0.4, -0.2) is 32.0 Å². The van der Waals surface area contributed by atoms with Gasteiger partial charge < -0.3 is 20.7 Å². The number of rotatable bonds is 7. The molecule has 0 saturated carbocycles. The summed E-state index contributed by atoms with van der Waals surface area (Å²) >= 11 is 0. The Hall–Kier alpha value is -2.86. The Morgan fingerprint density at radius 1 is 1.04 bits per heavy atom. The number of anilines is 2. The number of methoxy groups -OCH3 is 1. The summed E-state index contributed by atoms with van der Waals surface area (Å²) in [7, 11) is 1.59. The number of para-hydroxylation sites is 1. The SMILES string of the molecule is COc1ccc(NC(=O)c2ccccc2NC(=O)CCC2CCNCC2)cc1. The molecular weight excluding hydrogens is 354 g/mol. The summed E-state index contributed by atoms with van der Waals surface area (Å²) in [5, 5.41) is 9.09. The average Bonchev–Trinajstić information content (AvgIpc) is 2.74. The average molecular weight is 381 g/mol. The Labute approximate surface area is 165 Å². The topological polar surface area (TPSA) is 79.5 Å². The van der Waals surface area contributed by atoms with E-state index in [1.165, 1.54) is 0 Å². The standard InChI is InChI=1S/C22H27N3O3/c1-28-18-9-7-17(8-10-18)24-22(27)19-4-2-3-5-20(19)25-21(26)11-6-16-12-14-23-15-13-16/h2-5,7-10,16,23H,6,11-15H2,1H3,(H,24,27)(H,25,26). The molecule has 0 spiro atoms. The fourth-order valence-corrected chi connectivity index (χ4v) is 3.38. The largest absolute Gasteiger partial charge is 0.497 e. The fraction of sp³-hybridized carbons (Fsp3) is 0.364. The van der Waals surface area contributed by atoms with Gasteiger partial charge in [0.25, 0.3) is 5.91 Å². The fourth-order valence-electron chi connectivity index (χ4n) is 3.38. The summed E-state index contributed by atoms with van der Waals surface area (Å²) in [4.78, 5) is 25.1. The summed E-state index contributed by atoms with van der Waals surface area (Å²) in [6.45, 7) is 2.06. The second-order valence-electron chi connectivity index (χ2n) is 7.01. The molecule has 6 nitrogen and oxygen atoms in total. The van der Waals surface area contributed by atoms with E-state index >= 15 is 0 Å². The Balaban J connectivity index is 1.59. The minimum absolute atomic E-state index is 0.0526. The van der Waals surface area contributed by atoms with Crippen LogP contribution >= 0.6 is 0 Å². The van der Waals surface area contributed by atoms with Crippen LogP contribution in [0.3, 0.4) is 0 Å². The van der Waals surface area contributed by atoms with Crippen molar-refractivity contribution in [3.05, 3.63) is 54.1 Å². The highest BCUT2D eigenvalue weighted by molar-refractivity contribution is 6.10. The number of nitrogens with one attached hydrogen (secondary N) is 3. The molecule has 0 radical (unpaired) electrons. The monoisotopic (exact) mass is 381 g/mol. The maximum Gasteiger partial charge on any atom is 0.257 e. The summed E-state index contributed by atoms with van der Waals surface area (Å²) in [6, 6.07) is 14.2. The third-order valence-corrected chi connectivity index (χ3v) is 5.03. The van der Waals surface area contributed by atoms with Gasteiger partial charge in [-0.2, -0.15) is 0 Å². The molecule has 0 aliphatic carbocycles. The molecule has 148 valence electrons. The van der Waals surface area contributed by atoms with Crippen LogP contribution in [0, 0.1) is 5.92 Å². The van der Waals surface area contributed by atoms with E-state index in [0.717, 1.165) is 38.1 Å². The zero-order valence-electron chi connectivity index (χ0n) is 16.2.